The Morgan fingerprint density at radius 3 is 2.47 bits per heavy atom. The third-order valence-electron chi connectivity index (χ3n) is 3.94. The van der Waals surface area contributed by atoms with Gasteiger partial charge in [0.1, 0.15) is 5.75 Å². The number of piperidine rings is 1. The van der Waals surface area contributed by atoms with E-state index in [1.54, 1.807) is 7.11 Å². The summed E-state index contributed by atoms with van der Waals surface area (Å²) in [6, 6.07) is 7.38. The molecule has 1 saturated heterocycles. The molecule has 1 aromatic rings. The summed E-state index contributed by atoms with van der Waals surface area (Å²) in [5.74, 6) is 1.86. The van der Waals surface area contributed by atoms with Gasteiger partial charge in [-0.05, 0) is 56.1 Å². The van der Waals surface area contributed by atoms with Crippen molar-refractivity contribution in [3.05, 3.63) is 29.8 Å². The zero-order valence-electron chi connectivity index (χ0n) is 11.9. The number of likely N-dealkylation sites (tertiary alicyclic amines) is 1. The third kappa shape index (κ3) is 4.06. The van der Waals surface area contributed by atoms with E-state index in [1.807, 2.05) is 24.3 Å². The number of nitrogens with zero attached hydrogens (tertiary/aromatic N) is 1. The van der Waals surface area contributed by atoms with Crippen molar-refractivity contribution < 1.29 is 9.53 Å². The van der Waals surface area contributed by atoms with Crippen LogP contribution in [0.3, 0.4) is 0 Å². The lowest BCUT2D eigenvalue weighted by atomic mass is 9.99. The Bertz CT molecular complexity index is 405. The van der Waals surface area contributed by atoms with Crippen molar-refractivity contribution in [3.8, 4) is 5.75 Å². The Balaban J connectivity index is 1.80. The Morgan fingerprint density at radius 1 is 1.26 bits per heavy atom. The molecule has 0 unspecified atom stereocenters. The molecule has 1 heterocycles. The maximum absolute atomic E-state index is 12.1. The molecular formula is C16H23NO2. The largest absolute Gasteiger partial charge is 0.497 e. The summed E-state index contributed by atoms with van der Waals surface area (Å²) in [4.78, 5) is 14.5. The lowest BCUT2D eigenvalue weighted by Gasteiger charge is -2.29. The SMILES string of the molecule is COc1ccc(C(=O)CCN2CCC(C)CC2)cc1. The monoisotopic (exact) mass is 261 g/mol. The number of Topliss-reactive ketones (excluding diaryl/α,β-unsaturated/α-hetero) is 1. The number of methoxy groups -OCH3 is 1. The summed E-state index contributed by atoms with van der Waals surface area (Å²) in [7, 11) is 1.63. The molecule has 1 aliphatic rings. The van der Waals surface area contributed by atoms with Crippen molar-refractivity contribution in [2.45, 2.75) is 26.2 Å². The van der Waals surface area contributed by atoms with Crippen LogP contribution in [0.2, 0.25) is 0 Å². The first-order chi connectivity index (χ1) is 9.19. The van der Waals surface area contributed by atoms with E-state index in [-0.39, 0.29) is 5.78 Å². The number of hydrogen-bond acceptors (Lipinski definition) is 3. The van der Waals surface area contributed by atoms with E-state index < -0.39 is 0 Å². The summed E-state index contributed by atoms with van der Waals surface area (Å²) in [5.41, 5.74) is 0.783. The number of benzene rings is 1. The Morgan fingerprint density at radius 2 is 1.89 bits per heavy atom. The number of carbonyl (C=O) groups excluding carboxylic acids is 1. The fourth-order valence-electron chi connectivity index (χ4n) is 2.47. The Kier molecular flexibility index (Phi) is 4.97. The first-order valence-corrected chi connectivity index (χ1v) is 7.08. The van der Waals surface area contributed by atoms with E-state index in [1.165, 1.54) is 12.8 Å². The fraction of sp³-hybridized carbons (Fsp3) is 0.562. The van der Waals surface area contributed by atoms with Gasteiger partial charge in [0.2, 0.25) is 0 Å². The summed E-state index contributed by atoms with van der Waals surface area (Å²) in [6.45, 7) is 5.46. The first kappa shape index (κ1) is 14.1. The van der Waals surface area contributed by atoms with Gasteiger partial charge >= 0.3 is 0 Å². The molecule has 0 aliphatic carbocycles. The first-order valence-electron chi connectivity index (χ1n) is 7.08. The van der Waals surface area contributed by atoms with Gasteiger partial charge in [0.05, 0.1) is 7.11 Å². The van der Waals surface area contributed by atoms with E-state index >= 15 is 0 Å². The minimum Gasteiger partial charge on any atom is -0.497 e. The van der Waals surface area contributed by atoms with E-state index in [9.17, 15) is 4.79 Å². The lowest BCUT2D eigenvalue weighted by molar-refractivity contribution is 0.0953. The van der Waals surface area contributed by atoms with Gasteiger partial charge in [0, 0.05) is 18.5 Å². The normalized spacial score (nSPS) is 17.4. The van der Waals surface area contributed by atoms with Gasteiger partial charge in [-0.3, -0.25) is 4.79 Å². The predicted molar refractivity (Wildman–Crippen MR) is 76.8 cm³/mol. The van der Waals surface area contributed by atoms with Crippen molar-refractivity contribution in [1.29, 1.82) is 0 Å². The van der Waals surface area contributed by atoms with Gasteiger partial charge in [0.25, 0.3) is 0 Å². The van der Waals surface area contributed by atoms with Crippen molar-refractivity contribution in [2.24, 2.45) is 5.92 Å². The number of rotatable bonds is 5. The topological polar surface area (TPSA) is 29.5 Å². The molecule has 0 radical (unpaired) electrons. The smallest absolute Gasteiger partial charge is 0.164 e. The second-order valence-corrected chi connectivity index (χ2v) is 5.43. The number of ketones is 1. The number of carbonyl (C=O) groups is 1. The lowest BCUT2D eigenvalue weighted by Crippen LogP contribution is -2.34. The Hall–Kier alpha value is -1.35. The third-order valence-corrected chi connectivity index (χ3v) is 3.94. The fourth-order valence-corrected chi connectivity index (χ4v) is 2.47. The molecular weight excluding hydrogens is 238 g/mol. The van der Waals surface area contributed by atoms with Gasteiger partial charge < -0.3 is 9.64 Å². The van der Waals surface area contributed by atoms with Crippen molar-refractivity contribution in [3.63, 3.8) is 0 Å². The molecule has 3 heteroatoms. The second-order valence-electron chi connectivity index (χ2n) is 5.43. The van der Waals surface area contributed by atoms with E-state index in [0.29, 0.717) is 6.42 Å². The molecule has 1 aromatic carbocycles. The maximum Gasteiger partial charge on any atom is 0.164 e. The van der Waals surface area contributed by atoms with Gasteiger partial charge in [-0.1, -0.05) is 6.92 Å². The van der Waals surface area contributed by atoms with Gasteiger partial charge in [-0.25, -0.2) is 0 Å². The molecule has 0 saturated carbocycles. The standard InChI is InChI=1S/C16H23NO2/c1-13-7-10-17(11-8-13)12-9-16(18)14-3-5-15(19-2)6-4-14/h3-6,13H,7-12H2,1-2H3. The minimum atomic E-state index is 0.223. The molecule has 104 valence electrons. The second kappa shape index (κ2) is 6.71. The van der Waals surface area contributed by atoms with Crippen LogP contribution in [-0.2, 0) is 0 Å². The average Bonchev–Trinajstić information content (AvgIpc) is 2.46. The summed E-state index contributed by atoms with van der Waals surface area (Å²) in [5, 5.41) is 0. The molecule has 0 bridgehead atoms. The van der Waals surface area contributed by atoms with E-state index in [2.05, 4.69) is 11.8 Å². The van der Waals surface area contributed by atoms with Crippen LogP contribution in [-0.4, -0.2) is 37.4 Å². The molecule has 0 spiro atoms. The quantitative estimate of drug-likeness (QED) is 0.763. The average molecular weight is 261 g/mol. The highest BCUT2D eigenvalue weighted by atomic mass is 16.5. The van der Waals surface area contributed by atoms with Crippen LogP contribution < -0.4 is 4.74 Å². The highest BCUT2D eigenvalue weighted by Crippen LogP contribution is 2.17. The molecule has 0 aromatic heterocycles. The highest BCUT2D eigenvalue weighted by Gasteiger charge is 2.16. The van der Waals surface area contributed by atoms with Gasteiger partial charge in [-0.2, -0.15) is 0 Å². The van der Waals surface area contributed by atoms with Crippen LogP contribution in [0.4, 0.5) is 0 Å². The summed E-state index contributed by atoms with van der Waals surface area (Å²) >= 11 is 0. The molecule has 1 aliphatic heterocycles. The van der Waals surface area contributed by atoms with Crippen molar-refractivity contribution >= 4 is 5.78 Å². The van der Waals surface area contributed by atoms with Crippen molar-refractivity contribution in [1.82, 2.24) is 4.90 Å². The Labute approximate surface area is 115 Å². The number of hydrogen-bond donors (Lipinski definition) is 0. The minimum absolute atomic E-state index is 0.223. The van der Waals surface area contributed by atoms with Crippen LogP contribution in [0, 0.1) is 5.92 Å². The molecule has 19 heavy (non-hydrogen) atoms. The van der Waals surface area contributed by atoms with Crippen LogP contribution in [0.15, 0.2) is 24.3 Å². The van der Waals surface area contributed by atoms with E-state index in [0.717, 1.165) is 36.9 Å². The summed E-state index contributed by atoms with van der Waals surface area (Å²) in [6.07, 6.45) is 3.13. The molecule has 0 atom stereocenters. The van der Waals surface area contributed by atoms with Crippen LogP contribution in [0.5, 0.6) is 5.75 Å². The number of ether oxygens (including phenoxy) is 1. The molecule has 0 N–H and O–H groups in total. The molecule has 3 nitrogen and oxygen atoms in total. The van der Waals surface area contributed by atoms with Gasteiger partial charge in [-0.15, -0.1) is 0 Å². The zero-order chi connectivity index (χ0) is 13.7. The molecule has 2 rings (SSSR count). The van der Waals surface area contributed by atoms with Crippen LogP contribution in [0.25, 0.3) is 0 Å². The predicted octanol–water partition coefficient (Wildman–Crippen LogP) is 3.00. The maximum atomic E-state index is 12.1. The van der Waals surface area contributed by atoms with Crippen LogP contribution >= 0.6 is 0 Å². The molecule has 0 amide bonds. The van der Waals surface area contributed by atoms with Gasteiger partial charge in [0.15, 0.2) is 5.78 Å². The van der Waals surface area contributed by atoms with E-state index in [4.69, 9.17) is 4.74 Å². The summed E-state index contributed by atoms with van der Waals surface area (Å²) < 4.78 is 5.09. The zero-order valence-corrected chi connectivity index (χ0v) is 11.9. The highest BCUT2D eigenvalue weighted by molar-refractivity contribution is 5.96. The van der Waals surface area contributed by atoms with Crippen LogP contribution in [0.1, 0.15) is 36.5 Å². The molecule has 1 fully saturated rings. The van der Waals surface area contributed by atoms with Crippen molar-refractivity contribution in [2.75, 3.05) is 26.7 Å².